The quantitative estimate of drug-likeness (QED) is 0.808. The molecule has 1 atom stereocenters. The Bertz CT molecular complexity index is 483. The summed E-state index contributed by atoms with van der Waals surface area (Å²) in [5.74, 6) is 0. The molecule has 0 spiro atoms. The molecule has 0 amide bonds. The highest BCUT2D eigenvalue weighted by atomic mass is 32.1. The molecule has 0 aliphatic rings. The third-order valence-electron chi connectivity index (χ3n) is 2.95. The molecule has 0 radical (unpaired) electrons. The molecule has 0 saturated heterocycles. The summed E-state index contributed by atoms with van der Waals surface area (Å²) in [4.78, 5) is 0. The Morgan fingerprint density at radius 2 is 2.28 bits per heavy atom. The van der Waals surface area contributed by atoms with Crippen LogP contribution >= 0.6 is 11.3 Å². The number of fused-ring (bicyclic) bond motifs is 1. The van der Waals surface area contributed by atoms with Crippen LogP contribution in [-0.2, 0) is 4.74 Å². The van der Waals surface area contributed by atoms with Gasteiger partial charge in [0, 0.05) is 23.5 Å². The molecule has 0 fully saturated rings. The maximum absolute atomic E-state index is 5.56. The second-order valence-electron chi connectivity index (χ2n) is 4.40. The second-order valence-corrected chi connectivity index (χ2v) is 5.35. The Morgan fingerprint density at radius 3 is 3.06 bits per heavy atom. The molecule has 18 heavy (non-hydrogen) atoms. The molecule has 1 unspecified atom stereocenters. The van der Waals surface area contributed by atoms with Gasteiger partial charge in [-0.3, -0.25) is 0 Å². The molecule has 0 aliphatic heterocycles. The third-order valence-corrected chi connectivity index (χ3v) is 3.85. The fourth-order valence-corrected chi connectivity index (χ4v) is 2.83. The SMILES string of the molecule is COCC(CCCN)Nc1ccc2sccc2c1. The second kappa shape index (κ2) is 6.73. The Labute approximate surface area is 112 Å². The maximum atomic E-state index is 5.56. The first kappa shape index (κ1) is 13.3. The standard InChI is InChI=1S/C14H20N2OS/c1-17-10-13(3-2-7-15)16-12-4-5-14-11(9-12)6-8-18-14/h4-6,8-9,13,16H,2-3,7,10,15H2,1H3. The van der Waals surface area contributed by atoms with Crippen molar-refractivity contribution in [3.8, 4) is 0 Å². The normalized spacial score (nSPS) is 12.8. The molecular weight excluding hydrogens is 244 g/mol. The zero-order chi connectivity index (χ0) is 12.8. The van der Waals surface area contributed by atoms with Crippen LogP contribution in [0.1, 0.15) is 12.8 Å². The van der Waals surface area contributed by atoms with E-state index in [4.69, 9.17) is 10.5 Å². The average Bonchev–Trinajstić information content (AvgIpc) is 2.83. The van der Waals surface area contributed by atoms with Crippen LogP contribution in [0, 0.1) is 0 Å². The van der Waals surface area contributed by atoms with Gasteiger partial charge in [0.1, 0.15) is 0 Å². The van der Waals surface area contributed by atoms with E-state index >= 15 is 0 Å². The number of anilines is 1. The number of nitrogens with two attached hydrogens (primary N) is 1. The lowest BCUT2D eigenvalue weighted by Gasteiger charge is -2.19. The number of hydrogen-bond donors (Lipinski definition) is 2. The number of hydrogen-bond acceptors (Lipinski definition) is 4. The summed E-state index contributed by atoms with van der Waals surface area (Å²) in [7, 11) is 1.74. The van der Waals surface area contributed by atoms with Crippen LogP contribution in [-0.4, -0.2) is 26.3 Å². The number of methoxy groups -OCH3 is 1. The van der Waals surface area contributed by atoms with Gasteiger partial charge in [0.25, 0.3) is 0 Å². The minimum Gasteiger partial charge on any atom is -0.383 e. The maximum Gasteiger partial charge on any atom is 0.0664 e. The zero-order valence-electron chi connectivity index (χ0n) is 10.7. The third kappa shape index (κ3) is 3.45. The number of ether oxygens (including phenoxy) is 1. The average molecular weight is 264 g/mol. The van der Waals surface area contributed by atoms with Gasteiger partial charge in [-0.1, -0.05) is 0 Å². The molecule has 1 aromatic carbocycles. The fourth-order valence-electron chi connectivity index (χ4n) is 2.05. The van der Waals surface area contributed by atoms with E-state index in [0.717, 1.165) is 25.1 Å². The van der Waals surface area contributed by atoms with Crippen LogP contribution in [0.25, 0.3) is 10.1 Å². The number of rotatable bonds is 7. The van der Waals surface area contributed by atoms with Crippen LogP contribution in [0.5, 0.6) is 0 Å². The van der Waals surface area contributed by atoms with Gasteiger partial charge in [0.2, 0.25) is 0 Å². The fraction of sp³-hybridized carbons (Fsp3) is 0.429. The van der Waals surface area contributed by atoms with E-state index in [-0.39, 0.29) is 0 Å². The molecule has 0 saturated carbocycles. The van der Waals surface area contributed by atoms with Crippen LogP contribution in [0.3, 0.4) is 0 Å². The van der Waals surface area contributed by atoms with Crippen molar-refractivity contribution in [1.82, 2.24) is 0 Å². The van der Waals surface area contributed by atoms with E-state index in [0.29, 0.717) is 12.6 Å². The molecule has 0 aliphatic carbocycles. The summed E-state index contributed by atoms with van der Waals surface area (Å²) in [6.45, 7) is 1.44. The molecule has 3 N–H and O–H groups in total. The predicted molar refractivity (Wildman–Crippen MR) is 79.4 cm³/mol. The largest absolute Gasteiger partial charge is 0.383 e. The monoisotopic (exact) mass is 264 g/mol. The van der Waals surface area contributed by atoms with Gasteiger partial charge in [-0.15, -0.1) is 11.3 Å². The molecule has 3 nitrogen and oxygen atoms in total. The van der Waals surface area contributed by atoms with Crippen LogP contribution in [0.4, 0.5) is 5.69 Å². The molecule has 4 heteroatoms. The van der Waals surface area contributed by atoms with Gasteiger partial charge in [0.05, 0.1) is 6.61 Å². The zero-order valence-corrected chi connectivity index (χ0v) is 11.5. The summed E-state index contributed by atoms with van der Waals surface area (Å²) in [6, 6.07) is 8.96. The lowest BCUT2D eigenvalue weighted by Crippen LogP contribution is -2.25. The first-order chi connectivity index (χ1) is 8.83. The summed E-state index contributed by atoms with van der Waals surface area (Å²) in [6.07, 6.45) is 2.05. The molecular formula is C14H20N2OS. The summed E-state index contributed by atoms with van der Waals surface area (Å²) in [5, 5.41) is 6.93. The van der Waals surface area contributed by atoms with E-state index in [1.54, 1.807) is 18.4 Å². The van der Waals surface area contributed by atoms with Crippen molar-refractivity contribution >= 4 is 27.1 Å². The van der Waals surface area contributed by atoms with Gasteiger partial charge in [-0.25, -0.2) is 0 Å². The van der Waals surface area contributed by atoms with Gasteiger partial charge in [-0.2, -0.15) is 0 Å². The van der Waals surface area contributed by atoms with E-state index in [9.17, 15) is 0 Å². The van der Waals surface area contributed by atoms with E-state index in [1.807, 2.05) is 0 Å². The molecule has 0 bridgehead atoms. The summed E-state index contributed by atoms with van der Waals surface area (Å²) >= 11 is 1.77. The van der Waals surface area contributed by atoms with Crippen molar-refractivity contribution in [2.75, 3.05) is 25.6 Å². The lowest BCUT2D eigenvalue weighted by atomic mass is 10.1. The molecule has 1 aromatic heterocycles. The first-order valence-electron chi connectivity index (χ1n) is 6.26. The van der Waals surface area contributed by atoms with Crippen molar-refractivity contribution in [1.29, 1.82) is 0 Å². The molecule has 1 heterocycles. The number of thiophene rings is 1. The minimum atomic E-state index is 0.328. The van der Waals surface area contributed by atoms with E-state index in [2.05, 4.69) is 35.0 Å². The van der Waals surface area contributed by atoms with Gasteiger partial charge in [-0.05, 0) is 54.4 Å². The van der Waals surface area contributed by atoms with Crippen molar-refractivity contribution in [3.63, 3.8) is 0 Å². The molecule has 2 aromatic rings. The Hall–Kier alpha value is -1.10. The summed E-state index contributed by atoms with van der Waals surface area (Å²) in [5.41, 5.74) is 6.71. The molecule has 98 valence electrons. The minimum absolute atomic E-state index is 0.328. The van der Waals surface area contributed by atoms with Crippen LogP contribution in [0.15, 0.2) is 29.6 Å². The summed E-state index contributed by atoms with van der Waals surface area (Å²) < 4.78 is 6.57. The number of benzene rings is 1. The Kier molecular flexibility index (Phi) is 4.99. The topological polar surface area (TPSA) is 47.3 Å². The Balaban J connectivity index is 2.04. The van der Waals surface area contributed by atoms with Crippen molar-refractivity contribution in [2.45, 2.75) is 18.9 Å². The van der Waals surface area contributed by atoms with Crippen molar-refractivity contribution in [3.05, 3.63) is 29.6 Å². The first-order valence-corrected chi connectivity index (χ1v) is 7.14. The highest BCUT2D eigenvalue weighted by Crippen LogP contribution is 2.24. The van der Waals surface area contributed by atoms with Crippen LogP contribution < -0.4 is 11.1 Å². The number of nitrogens with one attached hydrogen (secondary N) is 1. The van der Waals surface area contributed by atoms with Crippen molar-refractivity contribution in [2.24, 2.45) is 5.73 Å². The van der Waals surface area contributed by atoms with E-state index < -0.39 is 0 Å². The predicted octanol–water partition coefficient (Wildman–Crippen LogP) is 3.07. The highest BCUT2D eigenvalue weighted by Gasteiger charge is 2.08. The highest BCUT2D eigenvalue weighted by molar-refractivity contribution is 7.17. The van der Waals surface area contributed by atoms with Gasteiger partial charge in [0.15, 0.2) is 0 Å². The smallest absolute Gasteiger partial charge is 0.0664 e. The molecule has 2 rings (SSSR count). The Morgan fingerprint density at radius 1 is 1.39 bits per heavy atom. The van der Waals surface area contributed by atoms with Gasteiger partial charge >= 0.3 is 0 Å². The van der Waals surface area contributed by atoms with E-state index in [1.165, 1.54) is 10.1 Å². The van der Waals surface area contributed by atoms with Crippen LogP contribution in [0.2, 0.25) is 0 Å². The lowest BCUT2D eigenvalue weighted by molar-refractivity contribution is 0.182. The van der Waals surface area contributed by atoms with Crippen molar-refractivity contribution < 1.29 is 4.74 Å². The van der Waals surface area contributed by atoms with Gasteiger partial charge < -0.3 is 15.8 Å².